The summed E-state index contributed by atoms with van der Waals surface area (Å²) in [6, 6.07) is 14.6. The van der Waals surface area contributed by atoms with Crippen LogP contribution in [0.15, 0.2) is 49.1 Å². The standard InChI is InChI=1S/C30H31N5O2/c1-4-26(36)35-17-30(18-35)10-11-34(16-30)28-23(14-31)27(24-15-37-29(2,3)13-25(24)33-28)22-7-5-6-19-12-20(32)8-9-21(19)22/h4-9,12H,1,10-11,13,15-18,32H2,2-3H3. The number of carbonyl (C=O) groups excluding carboxylic acids is 1. The van der Waals surface area contributed by atoms with E-state index in [-0.39, 0.29) is 16.9 Å². The Kier molecular flexibility index (Phi) is 5.29. The lowest BCUT2D eigenvalue weighted by Gasteiger charge is -2.47. The largest absolute Gasteiger partial charge is 0.399 e. The van der Waals surface area contributed by atoms with Gasteiger partial charge in [-0.05, 0) is 54.8 Å². The van der Waals surface area contributed by atoms with Crippen LogP contribution in [-0.4, -0.2) is 47.6 Å². The van der Waals surface area contributed by atoms with Gasteiger partial charge in [-0.1, -0.05) is 30.8 Å². The SMILES string of the molecule is C=CC(=O)N1CC2(CCN(c3nc4c(c(-c5cccc6cc(N)ccc56)c3C#N)COC(C)(C)C4)C2)C1. The minimum absolute atomic E-state index is 0.0187. The number of nitrogens with two attached hydrogens (primary N) is 1. The number of aromatic nitrogens is 1. The number of nitriles is 1. The molecular formula is C30H31N5O2. The summed E-state index contributed by atoms with van der Waals surface area (Å²) in [5.41, 5.74) is 11.0. The van der Waals surface area contributed by atoms with Crippen LogP contribution in [-0.2, 0) is 22.6 Å². The van der Waals surface area contributed by atoms with Gasteiger partial charge in [-0.2, -0.15) is 5.26 Å². The van der Waals surface area contributed by atoms with Crippen LogP contribution in [0, 0.1) is 16.7 Å². The summed E-state index contributed by atoms with van der Waals surface area (Å²) in [7, 11) is 0. The van der Waals surface area contributed by atoms with E-state index in [0.29, 0.717) is 24.3 Å². The number of hydrogen-bond acceptors (Lipinski definition) is 6. The predicted molar refractivity (Wildman–Crippen MR) is 145 cm³/mol. The number of nitrogen functional groups attached to an aromatic ring is 1. The van der Waals surface area contributed by atoms with Gasteiger partial charge >= 0.3 is 0 Å². The van der Waals surface area contributed by atoms with Gasteiger partial charge in [0.1, 0.15) is 17.5 Å². The second kappa shape index (κ2) is 8.32. The van der Waals surface area contributed by atoms with Crippen molar-refractivity contribution in [2.45, 2.75) is 38.9 Å². The van der Waals surface area contributed by atoms with Gasteiger partial charge in [0, 0.05) is 54.8 Å². The zero-order valence-corrected chi connectivity index (χ0v) is 21.4. The van der Waals surface area contributed by atoms with Crippen LogP contribution in [0.5, 0.6) is 0 Å². The monoisotopic (exact) mass is 493 g/mol. The highest BCUT2D eigenvalue weighted by molar-refractivity contribution is 6.00. The Morgan fingerprint density at radius 1 is 1.24 bits per heavy atom. The number of amides is 1. The first-order valence-corrected chi connectivity index (χ1v) is 12.8. The van der Waals surface area contributed by atoms with Crippen molar-refractivity contribution in [1.29, 1.82) is 5.26 Å². The average molecular weight is 494 g/mol. The fourth-order valence-corrected chi connectivity index (χ4v) is 6.26. The van der Waals surface area contributed by atoms with E-state index in [9.17, 15) is 10.1 Å². The normalized spacial score (nSPS) is 19.4. The molecular weight excluding hydrogens is 462 g/mol. The molecule has 0 radical (unpaired) electrons. The molecule has 0 bridgehead atoms. The van der Waals surface area contributed by atoms with Crippen LogP contribution in [0.1, 0.15) is 37.1 Å². The third-order valence-corrected chi connectivity index (χ3v) is 8.13. The molecule has 1 spiro atoms. The topological polar surface area (TPSA) is 95.5 Å². The summed E-state index contributed by atoms with van der Waals surface area (Å²) >= 11 is 0. The highest BCUT2D eigenvalue weighted by Gasteiger charge is 2.49. The number of rotatable bonds is 3. The maximum absolute atomic E-state index is 12.1. The van der Waals surface area contributed by atoms with Crippen molar-refractivity contribution < 1.29 is 9.53 Å². The highest BCUT2D eigenvalue weighted by Crippen LogP contribution is 2.45. The molecule has 3 aliphatic heterocycles. The van der Waals surface area contributed by atoms with Crippen LogP contribution >= 0.6 is 0 Å². The van der Waals surface area contributed by atoms with Gasteiger partial charge in [-0.25, -0.2) is 4.98 Å². The molecule has 3 aliphatic rings. The molecule has 37 heavy (non-hydrogen) atoms. The molecule has 2 N–H and O–H groups in total. The second-order valence-electron chi connectivity index (χ2n) is 11.3. The Morgan fingerprint density at radius 2 is 2.05 bits per heavy atom. The number of hydrogen-bond donors (Lipinski definition) is 1. The Balaban J connectivity index is 1.49. The fourth-order valence-electron chi connectivity index (χ4n) is 6.26. The van der Waals surface area contributed by atoms with Gasteiger partial charge < -0.3 is 20.3 Å². The number of pyridine rings is 1. The number of fused-ring (bicyclic) bond motifs is 2. The first-order chi connectivity index (χ1) is 17.7. The third kappa shape index (κ3) is 3.84. The summed E-state index contributed by atoms with van der Waals surface area (Å²) in [5, 5.41) is 12.6. The number of ether oxygens (including phenoxy) is 1. The van der Waals surface area contributed by atoms with Crippen molar-refractivity contribution in [1.82, 2.24) is 9.88 Å². The van der Waals surface area contributed by atoms with Crippen molar-refractivity contribution >= 4 is 28.2 Å². The highest BCUT2D eigenvalue weighted by atomic mass is 16.5. The van der Waals surface area contributed by atoms with E-state index < -0.39 is 0 Å². The van der Waals surface area contributed by atoms with E-state index in [1.165, 1.54) is 6.08 Å². The van der Waals surface area contributed by atoms with Gasteiger partial charge in [-0.3, -0.25) is 4.79 Å². The number of likely N-dealkylation sites (tertiary alicyclic amines) is 1. The number of nitrogens with zero attached hydrogens (tertiary/aromatic N) is 4. The van der Waals surface area contributed by atoms with E-state index in [1.807, 2.05) is 35.2 Å². The maximum Gasteiger partial charge on any atom is 0.245 e. The first-order valence-electron chi connectivity index (χ1n) is 12.8. The quantitative estimate of drug-likeness (QED) is 0.428. The van der Waals surface area contributed by atoms with Gasteiger partial charge in [0.25, 0.3) is 0 Å². The van der Waals surface area contributed by atoms with Crippen LogP contribution < -0.4 is 10.6 Å². The third-order valence-electron chi connectivity index (χ3n) is 8.13. The number of carbonyl (C=O) groups is 1. The van der Waals surface area contributed by atoms with E-state index in [2.05, 4.69) is 37.5 Å². The zero-order valence-electron chi connectivity index (χ0n) is 21.4. The van der Waals surface area contributed by atoms with Gasteiger partial charge in [0.15, 0.2) is 0 Å². The summed E-state index contributed by atoms with van der Waals surface area (Å²) < 4.78 is 6.23. The van der Waals surface area contributed by atoms with E-state index in [4.69, 9.17) is 15.5 Å². The zero-order chi connectivity index (χ0) is 25.9. The smallest absolute Gasteiger partial charge is 0.245 e. The number of benzene rings is 2. The molecule has 0 unspecified atom stereocenters. The average Bonchev–Trinajstić information content (AvgIpc) is 3.31. The molecule has 0 atom stereocenters. The molecule has 2 aromatic carbocycles. The molecule has 0 saturated carbocycles. The molecule has 1 amide bonds. The lowest BCUT2D eigenvalue weighted by atomic mass is 9.79. The van der Waals surface area contributed by atoms with Crippen LogP contribution in [0.3, 0.4) is 0 Å². The van der Waals surface area contributed by atoms with Crippen molar-refractivity contribution in [3.8, 4) is 17.2 Å². The van der Waals surface area contributed by atoms with Crippen molar-refractivity contribution in [3.63, 3.8) is 0 Å². The molecule has 7 heteroatoms. The predicted octanol–water partition coefficient (Wildman–Crippen LogP) is 4.43. The van der Waals surface area contributed by atoms with Crippen molar-refractivity contribution in [3.05, 3.63) is 65.9 Å². The van der Waals surface area contributed by atoms with Gasteiger partial charge in [0.2, 0.25) is 5.91 Å². The minimum atomic E-state index is -0.332. The molecule has 3 aromatic rings. The van der Waals surface area contributed by atoms with Gasteiger partial charge in [0.05, 0.1) is 17.9 Å². The van der Waals surface area contributed by atoms with Crippen LogP contribution in [0.25, 0.3) is 21.9 Å². The first kappa shape index (κ1) is 23.5. The Morgan fingerprint density at radius 3 is 2.81 bits per heavy atom. The Labute approximate surface area is 217 Å². The maximum atomic E-state index is 12.1. The molecule has 4 heterocycles. The molecule has 1 aromatic heterocycles. The minimum Gasteiger partial charge on any atom is -0.399 e. The summed E-state index contributed by atoms with van der Waals surface area (Å²) in [4.78, 5) is 21.3. The van der Waals surface area contributed by atoms with Crippen molar-refractivity contribution in [2.24, 2.45) is 5.41 Å². The van der Waals surface area contributed by atoms with Gasteiger partial charge in [-0.15, -0.1) is 0 Å². The Hall–Kier alpha value is -3.89. The van der Waals surface area contributed by atoms with Crippen LogP contribution in [0.4, 0.5) is 11.5 Å². The Bertz CT molecular complexity index is 1500. The van der Waals surface area contributed by atoms with E-state index in [1.54, 1.807) is 0 Å². The number of anilines is 2. The van der Waals surface area contributed by atoms with Crippen LogP contribution in [0.2, 0.25) is 0 Å². The fraction of sp³-hybridized carbons (Fsp3) is 0.367. The summed E-state index contributed by atoms with van der Waals surface area (Å²) in [6.45, 7) is 11.2. The molecule has 2 saturated heterocycles. The van der Waals surface area contributed by atoms with E-state index >= 15 is 0 Å². The van der Waals surface area contributed by atoms with E-state index in [0.717, 1.165) is 71.6 Å². The summed E-state index contributed by atoms with van der Waals surface area (Å²) in [6.07, 6.45) is 3.02. The van der Waals surface area contributed by atoms with Crippen molar-refractivity contribution in [2.75, 3.05) is 36.8 Å². The molecule has 2 fully saturated rings. The lowest BCUT2D eigenvalue weighted by Crippen LogP contribution is -2.59. The molecule has 0 aliphatic carbocycles. The molecule has 188 valence electrons. The molecule has 7 nitrogen and oxygen atoms in total. The summed E-state index contributed by atoms with van der Waals surface area (Å²) in [5.74, 6) is 0.724. The second-order valence-corrected chi connectivity index (χ2v) is 11.3. The lowest BCUT2D eigenvalue weighted by molar-refractivity contribution is -0.136. The molecule has 6 rings (SSSR count).